The zero-order valence-electron chi connectivity index (χ0n) is 9.79. The summed E-state index contributed by atoms with van der Waals surface area (Å²) in [7, 11) is 2.12. The molecule has 88 valence electrons. The Bertz CT molecular complexity index is 415. The fraction of sp³-hybridized carbons (Fsp3) is 0.636. The molecular weight excluding hydrogens is 204 g/mol. The van der Waals surface area contributed by atoms with E-state index in [1.54, 1.807) is 6.07 Å². The minimum absolute atomic E-state index is 0.0633. The van der Waals surface area contributed by atoms with Gasteiger partial charge in [-0.05, 0) is 14.0 Å². The van der Waals surface area contributed by atoms with E-state index in [9.17, 15) is 4.79 Å². The highest BCUT2D eigenvalue weighted by Gasteiger charge is 2.17. The van der Waals surface area contributed by atoms with Gasteiger partial charge in [0.25, 0.3) is 5.56 Å². The molecule has 0 amide bonds. The predicted octanol–water partition coefficient (Wildman–Crippen LogP) is -0.476. The van der Waals surface area contributed by atoms with Gasteiger partial charge in [0.05, 0.1) is 0 Å². The van der Waals surface area contributed by atoms with Crippen molar-refractivity contribution >= 4 is 0 Å². The molecule has 1 fully saturated rings. The lowest BCUT2D eigenvalue weighted by atomic mass is 10.1. The molecule has 0 aliphatic carbocycles. The molecule has 1 unspecified atom stereocenters. The van der Waals surface area contributed by atoms with E-state index in [-0.39, 0.29) is 5.56 Å². The number of aromatic amines is 1. The van der Waals surface area contributed by atoms with Crippen LogP contribution in [0.3, 0.4) is 0 Å². The first-order valence-electron chi connectivity index (χ1n) is 5.62. The van der Waals surface area contributed by atoms with Crippen molar-refractivity contribution < 1.29 is 0 Å². The summed E-state index contributed by atoms with van der Waals surface area (Å²) < 4.78 is 0. The van der Waals surface area contributed by atoms with E-state index in [0.717, 1.165) is 31.7 Å². The molecule has 1 saturated heterocycles. The Morgan fingerprint density at radius 1 is 1.62 bits per heavy atom. The van der Waals surface area contributed by atoms with Crippen LogP contribution in [0.25, 0.3) is 0 Å². The third kappa shape index (κ3) is 2.90. The van der Waals surface area contributed by atoms with E-state index in [0.29, 0.717) is 11.9 Å². The van der Waals surface area contributed by atoms with Crippen molar-refractivity contribution in [2.24, 2.45) is 0 Å². The molecule has 2 N–H and O–H groups in total. The summed E-state index contributed by atoms with van der Waals surface area (Å²) in [4.78, 5) is 20.6. The molecule has 0 spiro atoms. The molecule has 16 heavy (non-hydrogen) atoms. The highest BCUT2D eigenvalue weighted by Crippen LogP contribution is 2.03. The second-order valence-electron chi connectivity index (χ2n) is 4.44. The molecule has 5 nitrogen and oxygen atoms in total. The Kier molecular flexibility index (Phi) is 3.36. The number of piperazine rings is 1. The van der Waals surface area contributed by atoms with Crippen LogP contribution < -0.4 is 10.9 Å². The minimum atomic E-state index is -0.0633. The van der Waals surface area contributed by atoms with Gasteiger partial charge in [-0.15, -0.1) is 0 Å². The van der Waals surface area contributed by atoms with Gasteiger partial charge in [-0.25, -0.2) is 4.98 Å². The molecule has 1 aromatic rings. The van der Waals surface area contributed by atoms with Crippen molar-refractivity contribution in [2.45, 2.75) is 19.4 Å². The fourth-order valence-corrected chi connectivity index (χ4v) is 2.13. The fourth-order valence-electron chi connectivity index (χ4n) is 2.13. The first-order valence-corrected chi connectivity index (χ1v) is 5.62. The van der Waals surface area contributed by atoms with Gasteiger partial charge in [-0.1, -0.05) is 0 Å². The van der Waals surface area contributed by atoms with Gasteiger partial charge in [-0.3, -0.25) is 4.79 Å². The van der Waals surface area contributed by atoms with Crippen LogP contribution in [0.15, 0.2) is 10.9 Å². The number of hydrogen-bond donors (Lipinski definition) is 2. The van der Waals surface area contributed by atoms with Crippen molar-refractivity contribution in [3.63, 3.8) is 0 Å². The number of aryl methyl sites for hydroxylation is 1. The van der Waals surface area contributed by atoms with Gasteiger partial charge in [0.1, 0.15) is 5.82 Å². The molecule has 0 radical (unpaired) electrons. The summed E-state index contributed by atoms with van der Waals surface area (Å²) in [5, 5.41) is 3.44. The van der Waals surface area contributed by atoms with Crippen LogP contribution in [0.2, 0.25) is 0 Å². The van der Waals surface area contributed by atoms with Gasteiger partial charge in [0.15, 0.2) is 0 Å². The van der Waals surface area contributed by atoms with Crippen LogP contribution in [0.1, 0.15) is 11.5 Å². The van der Waals surface area contributed by atoms with Crippen molar-refractivity contribution in [1.82, 2.24) is 20.2 Å². The molecule has 2 heterocycles. The lowest BCUT2D eigenvalue weighted by Gasteiger charge is -2.30. The maximum absolute atomic E-state index is 11.3. The number of rotatable bonds is 2. The molecule has 1 aromatic heterocycles. The maximum Gasteiger partial charge on any atom is 0.251 e. The van der Waals surface area contributed by atoms with Crippen LogP contribution >= 0.6 is 0 Å². The third-order valence-corrected chi connectivity index (χ3v) is 2.83. The van der Waals surface area contributed by atoms with E-state index < -0.39 is 0 Å². The van der Waals surface area contributed by atoms with Gasteiger partial charge >= 0.3 is 0 Å². The largest absolute Gasteiger partial charge is 0.311 e. The van der Waals surface area contributed by atoms with Crippen molar-refractivity contribution in [2.75, 3.05) is 26.7 Å². The van der Waals surface area contributed by atoms with E-state index in [2.05, 4.69) is 27.2 Å². The van der Waals surface area contributed by atoms with Crippen LogP contribution in [0.5, 0.6) is 0 Å². The van der Waals surface area contributed by atoms with E-state index >= 15 is 0 Å². The van der Waals surface area contributed by atoms with Crippen molar-refractivity contribution in [3.05, 3.63) is 27.9 Å². The molecule has 1 atom stereocenters. The summed E-state index contributed by atoms with van der Waals surface area (Å²) in [6.07, 6.45) is 0.815. The Labute approximate surface area is 94.9 Å². The standard InChI is InChI=1S/C11H18N4O/c1-8-13-9(6-11(16)14-8)5-10-7-15(2)4-3-12-10/h6,10,12H,3-5,7H2,1-2H3,(H,13,14,16). The molecule has 5 heteroatoms. The molecule has 0 bridgehead atoms. The number of nitrogens with zero attached hydrogens (tertiary/aromatic N) is 2. The monoisotopic (exact) mass is 222 g/mol. The summed E-state index contributed by atoms with van der Waals surface area (Å²) in [6, 6.07) is 1.98. The first-order chi connectivity index (χ1) is 7.63. The molecule has 1 aliphatic heterocycles. The summed E-state index contributed by atoms with van der Waals surface area (Å²) in [5.41, 5.74) is 0.806. The lowest BCUT2D eigenvalue weighted by molar-refractivity contribution is 0.237. The Hall–Kier alpha value is -1.20. The number of aromatic nitrogens is 2. The van der Waals surface area contributed by atoms with Gasteiger partial charge in [-0.2, -0.15) is 0 Å². The highest BCUT2D eigenvalue weighted by molar-refractivity contribution is 5.04. The predicted molar refractivity (Wildman–Crippen MR) is 62.6 cm³/mol. The maximum atomic E-state index is 11.3. The highest BCUT2D eigenvalue weighted by atomic mass is 16.1. The summed E-state index contributed by atoms with van der Waals surface area (Å²) in [6.45, 7) is 4.90. The zero-order valence-corrected chi connectivity index (χ0v) is 9.79. The third-order valence-electron chi connectivity index (χ3n) is 2.83. The number of H-pyrrole nitrogens is 1. The molecular formula is C11H18N4O. The second-order valence-corrected chi connectivity index (χ2v) is 4.44. The Balaban J connectivity index is 2.05. The normalized spacial score (nSPS) is 22.2. The average molecular weight is 222 g/mol. The van der Waals surface area contributed by atoms with E-state index in [4.69, 9.17) is 0 Å². The van der Waals surface area contributed by atoms with Crippen LogP contribution in [0, 0.1) is 6.92 Å². The number of likely N-dealkylation sites (N-methyl/N-ethyl adjacent to an activating group) is 1. The Morgan fingerprint density at radius 2 is 2.44 bits per heavy atom. The van der Waals surface area contributed by atoms with Crippen molar-refractivity contribution in [3.8, 4) is 0 Å². The van der Waals surface area contributed by atoms with Crippen molar-refractivity contribution in [1.29, 1.82) is 0 Å². The molecule has 1 aliphatic rings. The summed E-state index contributed by atoms with van der Waals surface area (Å²) in [5.74, 6) is 0.687. The molecule has 0 saturated carbocycles. The SMILES string of the molecule is Cc1nc(CC2CN(C)CCN2)cc(=O)[nH]1. The van der Waals surface area contributed by atoms with Gasteiger partial charge in [0, 0.05) is 43.9 Å². The van der Waals surface area contributed by atoms with Gasteiger partial charge < -0.3 is 15.2 Å². The lowest BCUT2D eigenvalue weighted by Crippen LogP contribution is -2.50. The quantitative estimate of drug-likeness (QED) is 0.710. The smallest absolute Gasteiger partial charge is 0.251 e. The van der Waals surface area contributed by atoms with Gasteiger partial charge in [0.2, 0.25) is 0 Å². The molecule has 0 aromatic carbocycles. The van der Waals surface area contributed by atoms with E-state index in [1.807, 2.05) is 6.92 Å². The average Bonchev–Trinajstić information content (AvgIpc) is 2.15. The van der Waals surface area contributed by atoms with E-state index in [1.165, 1.54) is 0 Å². The van der Waals surface area contributed by atoms with Crippen LogP contribution in [0.4, 0.5) is 0 Å². The van der Waals surface area contributed by atoms with Crippen LogP contribution in [-0.4, -0.2) is 47.6 Å². The first kappa shape index (κ1) is 11.3. The minimum Gasteiger partial charge on any atom is -0.311 e. The Morgan fingerprint density at radius 3 is 3.12 bits per heavy atom. The number of nitrogens with one attached hydrogen (secondary N) is 2. The number of hydrogen-bond acceptors (Lipinski definition) is 4. The summed E-state index contributed by atoms with van der Waals surface area (Å²) >= 11 is 0. The molecule has 2 rings (SSSR count). The second kappa shape index (κ2) is 4.76. The van der Waals surface area contributed by atoms with Crippen LogP contribution in [-0.2, 0) is 6.42 Å². The zero-order chi connectivity index (χ0) is 11.5. The topological polar surface area (TPSA) is 61.0 Å².